The molecule has 0 aromatic carbocycles. The Morgan fingerprint density at radius 3 is 0.708 bits per heavy atom. The van der Waals surface area contributed by atoms with Gasteiger partial charge in [-0.15, -0.1) is 0 Å². The van der Waals surface area contributed by atoms with Gasteiger partial charge in [-0.3, -0.25) is 37.3 Å². The van der Waals surface area contributed by atoms with Crippen molar-refractivity contribution in [2.75, 3.05) is 39.6 Å². The molecule has 0 saturated carbocycles. The summed E-state index contributed by atoms with van der Waals surface area (Å²) >= 11 is 0. The van der Waals surface area contributed by atoms with Crippen molar-refractivity contribution in [3.8, 4) is 0 Å². The summed E-state index contributed by atoms with van der Waals surface area (Å²) in [7, 11) is -9.91. The zero-order valence-electron chi connectivity index (χ0n) is 62.7. The number of phosphoric acid groups is 2. The first-order valence-corrected chi connectivity index (χ1v) is 43.0. The third kappa shape index (κ3) is 70.5. The molecule has 0 amide bonds. The molecule has 19 heteroatoms. The predicted octanol–water partition coefficient (Wildman–Crippen LogP) is 22.7. The van der Waals surface area contributed by atoms with E-state index < -0.39 is 97.5 Å². The van der Waals surface area contributed by atoms with Gasteiger partial charge < -0.3 is 33.8 Å². The van der Waals surface area contributed by atoms with Gasteiger partial charge in [-0.1, -0.05) is 350 Å². The molecule has 5 atom stereocenters. The predicted molar refractivity (Wildman–Crippen MR) is 391 cm³/mol. The van der Waals surface area contributed by atoms with Gasteiger partial charge in [0.15, 0.2) is 12.2 Å². The van der Waals surface area contributed by atoms with Crippen molar-refractivity contribution >= 4 is 39.5 Å². The van der Waals surface area contributed by atoms with Crippen LogP contribution >= 0.6 is 15.6 Å². The minimum atomic E-state index is -4.96. The number of hydrogen-bond donors (Lipinski definition) is 3. The first-order valence-electron chi connectivity index (χ1n) is 40.0. The van der Waals surface area contributed by atoms with Crippen molar-refractivity contribution in [3.63, 3.8) is 0 Å². The summed E-state index contributed by atoms with van der Waals surface area (Å²) in [5.41, 5.74) is 0. The maximum Gasteiger partial charge on any atom is 0.472 e. The number of unbranched alkanes of at least 4 members (excludes halogenated alkanes) is 46. The molecule has 0 heterocycles. The largest absolute Gasteiger partial charge is 0.472 e. The molecular formula is C77H150O17P2. The van der Waals surface area contributed by atoms with Crippen molar-refractivity contribution < 1.29 is 80.2 Å². The first-order chi connectivity index (χ1) is 46.4. The van der Waals surface area contributed by atoms with Crippen molar-refractivity contribution in [1.82, 2.24) is 0 Å². The molecule has 0 aliphatic carbocycles. The van der Waals surface area contributed by atoms with Crippen LogP contribution in [0.1, 0.15) is 401 Å². The average Bonchev–Trinajstić information content (AvgIpc) is 1.29. The third-order valence-electron chi connectivity index (χ3n) is 18.0. The van der Waals surface area contributed by atoms with Crippen LogP contribution in [0.15, 0.2) is 0 Å². The molecule has 0 fully saturated rings. The van der Waals surface area contributed by atoms with Crippen LogP contribution in [0.25, 0.3) is 0 Å². The smallest absolute Gasteiger partial charge is 0.462 e. The van der Waals surface area contributed by atoms with Gasteiger partial charge in [0.05, 0.1) is 26.4 Å². The van der Waals surface area contributed by atoms with E-state index in [-0.39, 0.29) is 25.7 Å². The van der Waals surface area contributed by atoms with E-state index in [2.05, 4.69) is 41.5 Å². The van der Waals surface area contributed by atoms with Gasteiger partial charge in [0.2, 0.25) is 0 Å². The first kappa shape index (κ1) is 94.1. The Morgan fingerprint density at radius 1 is 0.281 bits per heavy atom. The second-order valence-corrected chi connectivity index (χ2v) is 31.6. The van der Waals surface area contributed by atoms with Gasteiger partial charge in [0, 0.05) is 25.7 Å². The fourth-order valence-electron chi connectivity index (χ4n) is 11.8. The Hall–Kier alpha value is -1.94. The van der Waals surface area contributed by atoms with Gasteiger partial charge in [0.1, 0.15) is 19.3 Å². The summed E-state index contributed by atoms with van der Waals surface area (Å²) in [5, 5.41) is 10.6. The minimum absolute atomic E-state index is 0.106. The zero-order valence-corrected chi connectivity index (χ0v) is 64.5. The minimum Gasteiger partial charge on any atom is -0.462 e. The van der Waals surface area contributed by atoms with E-state index in [1.807, 2.05) is 0 Å². The van der Waals surface area contributed by atoms with E-state index in [0.717, 1.165) is 102 Å². The summed E-state index contributed by atoms with van der Waals surface area (Å²) in [6.45, 7) is 9.59. The molecule has 96 heavy (non-hydrogen) atoms. The van der Waals surface area contributed by atoms with Crippen LogP contribution in [0.4, 0.5) is 0 Å². The van der Waals surface area contributed by atoms with Crippen molar-refractivity contribution in [2.24, 2.45) is 11.8 Å². The Morgan fingerprint density at radius 2 is 0.479 bits per heavy atom. The Labute approximate surface area is 588 Å². The average molecular weight is 1410 g/mol. The molecule has 0 aliphatic rings. The lowest BCUT2D eigenvalue weighted by Crippen LogP contribution is -2.30. The Balaban J connectivity index is 5.22. The summed E-state index contributed by atoms with van der Waals surface area (Å²) < 4.78 is 68.5. The molecule has 0 aromatic heterocycles. The summed E-state index contributed by atoms with van der Waals surface area (Å²) in [4.78, 5) is 72.8. The van der Waals surface area contributed by atoms with Crippen molar-refractivity contribution in [2.45, 2.75) is 419 Å². The maximum absolute atomic E-state index is 13.1. The summed E-state index contributed by atoms with van der Waals surface area (Å²) in [6, 6.07) is 0. The fraction of sp³-hybridized carbons (Fsp3) is 0.948. The van der Waals surface area contributed by atoms with E-state index in [1.165, 1.54) is 218 Å². The maximum atomic E-state index is 13.1. The van der Waals surface area contributed by atoms with Gasteiger partial charge in [0.25, 0.3) is 0 Å². The number of phosphoric ester groups is 2. The number of esters is 4. The number of carbonyl (C=O) groups is 4. The molecule has 0 aromatic rings. The van der Waals surface area contributed by atoms with Gasteiger partial charge >= 0.3 is 39.5 Å². The topological polar surface area (TPSA) is 237 Å². The van der Waals surface area contributed by atoms with E-state index in [0.29, 0.717) is 25.7 Å². The second-order valence-electron chi connectivity index (χ2n) is 28.7. The monoisotopic (exact) mass is 1410 g/mol. The van der Waals surface area contributed by atoms with E-state index in [9.17, 15) is 43.2 Å². The van der Waals surface area contributed by atoms with Gasteiger partial charge in [-0.05, 0) is 37.5 Å². The van der Waals surface area contributed by atoms with Crippen LogP contribution in [0.2, 0.25) is 0 Å². The zero-order chi connectivity index (χ0) is 70.7. The molecular weight excluding hydrogens is 1260 g/mol. The fourth-order valence-corrected chi connectivity index (χ4v) is 13.4. The number of ether oxygens (including phenoxy) is 4. The number of hydrogen-bond acceptors (Lipinski definition) is 15. The van der Waals surface area contributed by atoms with E-state index >= 15 is 0 Å². The Bertz CT molecular complexity index is 1860. The third-order valence-corrected chi connectivity index (χ3v) is 19.9. The summed E-state index contributed by atoms with van der Waals surface area (Å²) in [5.74, 6) is -0.581. The number of carbonyl (C=O) groups excluding carboxylic acids is 4. The molecule has 0 saturated heterocycles. The van der Waals surface area contributed by atoms with Crippen LogP contribution < -0.4 is 0 Å². The van der Waals surface area contributed by atoms with Crippen LogP contribution in [0.3, 0.4) is 0 Å². The van der Waals surface area contributed by atoms with Crippen LogP contribution in [0, 0.1) is 11.8 Å². The number of aliphatic hydroxyl groups excluding tert-OH is 1. The second kappa shape index (κ2) is 68.8. The molecule has 570 valence electrons. The van der Waals surface area contributed by atoms with Crippen LogP contribution in [-0.2, 0) is 65.4 Å². The highest BCUT2D eigenvalue weighted by Gasteiger charge is 2.30. The lowest BCUT2D eigenvalue weighted by atomic mass is 10.0. The van der Waals surface area contributed by atoms with Crippen molar-refractivity contribution in [1.29, 1.82) is 0 Å². The highest BCUT2D eigenvalue weighted by atomic mass is 31.2. The SMILES string of the molecule is CCCCCCCCCCCCCCCCCCCCCC(=O)O[C@H](COC(=O)CCCCCCCCCCCCCCC(C)C)COP(=O)(O)OC[C@@H](O)COP(=O)(O)OC[C@@H](COC(=O)CCCCCCCCCCC)OC(=O)CCCCCCCCCCCCC(C)C. The lowest BCUT2D eigenvalue weighted by Gasteiger charge is -2.21. The molecule has 0 spiro atoms. The molecule has 17 nitrogen and oxygen atoms in total. The molecule has 2 unspecified atom stereocenters. The highest BCUT2D eigenvalue weighted by molar-refractivity contribution is 7.47. The molecule has 0 rings (SSSR count). The molecule has 3 N–H and O–H groups in total. The Kier molecular flexibility index (Phi) is 67.4. The molecule has 0 bridgehead atoms. The quantitative estimate of drug-likeness (QED) is 0.0222. The summed E-state index contributed by atoms with van der Waals surface area (Å²) in [6.07, 6.45) is 56.9. The number of aliphatic hydroxyl groups is 1. The normalized spacial score (nSPS) is 14.0. The van der Waals surface area contributed by atoms with Crippen LogP contribution in [-0.4, -0.2) is 96.7 Å². The molecule has 0 aliphatic heterocycles. The van der Waals surface area contributed by atoms with E-state index in [1.54, 1.807) is 0 Å². The standard InChI is InChI=1S/C77H150O17P2/c1-7-9-11-13-15-17-18-19-20-21-22-23-24-25-30-37-43-49-55-61-76(81)93-73(66-88-75(80)60-54-48-42-36-29-27-26-28-34-39-45-51-57-69(3)4)68-92-96(85,86)90-64-71(78)63-89-95(83,84)91-67-72(65-87-74(79)59-53-47-41-33-16-14-12-10-8-2)94-77(82)62-56-50-44-38-32-31-35-40-46-52-58-70(5)6/h69-73,78H,7-68H2,1-6H3,(H,83,84)(H,85,86)/t71-,72+,73+/m0/s1. The van der Waals surface area contributed by atoms with Crippen molar-refractivity contribution in [3.05, 3.63) is 0 Å². The lowest BCUT2D eigenvalue weighted by molar-refractivity contribution is -0.161. The molecule has 0 radical (unpaired) electrons. The number of rotatable bonds is 76. The van der Waals surface area contributed by atoms with Gasteiger partial charge in [-0.2, -0.15) is 0 Å². The highest BCUT2D eigenvalue weighted by Crippen LogP contribution is 2.45. The van der Waals surface area contributed by atoms with Crippen LogP contribution in [0.5, 0.6) is 0 Å². The van der Waals surface area contributed by atoms with E-state index in [4.69, 9.17) is 37.0 Å². The van der Waals surface area contributed by atoms with Gasteiger partial charge in [-0.25, -0.2) is 9.13 Å².